The van der Waals surface area contributed by atoms with Crippen LogP contribution in [0, 0.1) is 17.8 Å². The zero-order chi connectivity index (χ0) is 22.0. The van der Waals surface area contributed by atoms with E-state index in [1.165, 1.54) is 38.5 Å². The monoisotopic (exact) mass is 434 g/mol. The van der Waals surface area contributed by atoms with Gasteiger partial charge in [0.05, 0.1) is 19.8 Å². The summed E-state index contributed by atoms with van der Waals surface area (Å²) in [4.78, 5) is 0. The maximum absolute atomic E-state index is 13.4. The van der Waals surface area contributed by atoms with Crippen molar-refractivity contribution < 1.29 is 18.1 Å². The number of hydrogen-bond acceptors (Lipinski definition) is 4. The molecule has 29 heavy (non-hydrogen) atoms. The third-order valence-corrected chi connectivity index (χ3v) is 7.43. The molecule has 0 N–H and O–H groups in total. The summed E-state index contributed by atoms with van der Waals surface area (Å²) < 4.78 is 31.1. The van der Waals surface area contributed by atoms with Gasteiger partial charge in [0.2, 0.25) is 0 Å². The van der Waals surface area contributed by atoms with Crippen LogP contribution >= 0.6 is 7.82 Å². The lowest BCUT2D eigenvalue weighted by Crippen LogP contribution is -2.16. The Labute approximate surface area is 182 Å². The van der Waals surface area contributed by atoms with Crippen LogP contribution in [0.1, 0.15) is 119 Å². The van der Waals surface area contributed by atoms with Gasteiger partial charge < -0.3 is 0 Å². The summed E-state index contributed by atoms with van der Waals surface area (Å²) in [6.45, 7) is 14.5. The van der Waals surface area contributed by atoms with Crippen LogP contribution in [0.25, 0.3) is 0 Å². The summed E-state index contributed by atoms with van der Waals surface area (Å²) in [6.07, 6.45) is 13.5. The molecular formula is C24H51O4P. The molecule has 0 aromatic rings. The Morgan fingerprint density at radius 2 is 0.828 bits per heavy atom. The van der Waals surface area contributed by atoms with Crippen LogP contribution in [-0.4, -0.2) is 19.8 Å². The second-order valence-electron chi connectivity index (χ2n) is 8.58. The molecule has 3 unspecified atom stereocenters. The minimum Gasteiger partial charge on any atom is -0.287 e. The lowest BCUT2D eigenvalue weighted by atomic mass is 10.0. The van der Waals surface area contributed by atoms with Crippen molar-refractivity contribution in [2.75, 3.05) is 19.8 Å². The highest BCUT2D eigenvalue weighted by Crippen LogP contribution is 2.51. The number of phosphoric acid groups is 1. The first-order chi connectivity index (χ1) is 14.0. The van der Waals surface area contributed by atoms with Gasteiger partial charge in [-0.1, -0.05) is 99.3 Å². The second-order valence-corrected chi connectivity index (χ2v) is 10.3. The van der Waals surface area contributed by atoms with Gasteiger partial charge in [0.25, 0.3) is 0 Å². The summed E-state index contributed by atoms with van der Waals surface area (Å²) in [5.74, 6) is 1.25. The van der Waals surface area contributed by atoms with E-state index >= 15 is 0 Å². The molecule has 0 saturated heterocycles. The van der Waals surface area contributed by atoms with Crippen LogP contribution < -0.4 is 0 Å². The largest absolute Gasteiger partial charge is 0.474 e. The Bertz CT molecular complexity index is 345. The Kier molecular flexibility index (Phi) is 18.9. The van der Waals surface area contributed by atoms with Crippen molar-refractivity contribution in [1.29, 1.82) is 0 Å². The van der Waals surface area contributed by atoms with Crippen LogP contribution in [-0.2, 0) is 18.1 Å². The molecule has 5 heteroatoms. The van der Waals surface area contributed by atoms with Crippen LogP contribution in [0.2, 0.25) is 0 Å². The highest BCUT2D eigenvalue weighted by molar-refractivity contribution is 7.48. The Morgan fingerprint density at radius 1 is 0.552 bits per heavy atom. The van der Waals surface area contributed by atoms with E-state index < -0.39 is 7.82 Å². The molecule has 0 saturated carbocycles. The molecule has 0 aliphatic rings. The molecule has 0 heterocycles. The Hall–Kier alpha value is 0.110. The van der Waals surface area contributed by atoms with Gasteiger partial charge in [-0.15, -0.1) is 0 Å². The van der Waals surface area contributed by atoms with Gasteiger partial charge in [-0.05, 0) is 37.0 Å². The summed E-state index contributed by atoms with van der Waals surface area (Å²) in [7, 11) is -3.52. The summed E-state index contributed by atoms with van der Waals surface area (Å²) in [5, 5.41) is 0. The van der Waals surface area contributed by atoms with Crippen molar-refractivity contribution >= 4 is 7.82 Å². The highest BCUT2D eigenvalue weighted by Gasteiger charge is 2.30. The van der Waals surface area contributed by atoms with Crippen LogP contribution in [0.4, 0.5) is 0 Å². The van der Waals surface area contributed by atoms with Gasteiger partial charge in [-0.25, -0.2) is 4.57 Å². The molecule has 0 radical (unpaired) electrons. The van der Waals surface area contributed by atoms with E-state index in [4.69, 9.17) is 13.6 Å². The molecule has 0 fully saturated rings. The van der Waals surface area contributed by atoms with E-state index in [1.807, 2.05) is 0 Å². The molecule has 0 rings (SSSR count). The SMILES string of the molecule is CCCCC(CC)COP(=O)(OCC(CC)CCCC)OCC(CC)CCCC. The molecule has 176 valence electrons. The molecule has 0 aliphatic carbocycles. The molecule has 0 aromatic heterocycles. The lowest BCUT2D eigenvalue weighted by molar-refractivity contribution is 0.0732. The van der Waals surface area contributed by atoms with E-state index in [-0.39, 0.29) is 0 Å². The summed E-state index contributed by atoms with van der Waals surface area (Å²) in [6, 6.07) is 0. The summed E-state index contributed by atoms with van der Waals surface area (Å²) >= 11 is 0. The average molecular weight is 435 g/mol. The van der Waals surface area contributed by atoms with Crippen molar-refractivity contribution in [3.05, 3.63) is 0 Å². The zero-order valence-corrected chi connectivity index (χ0v) is 21.3. The van der Waals surface area contributed by atoms with E-state index in [1.54, 1.807) is 0 Å². The fourth-order valence-corrected chi connectivity index (χ4v) is 4.80. The Balaban J connectivity index is 4.91. The fraction of sp³-hybridized carbons (Fsp3) is 1.00. The Morgan fingerprint density at radius 3 is 1.03 bits per heavy atom. The number of phosphoric ester groups is 1. The van der Waals surface area contributed by atoms with Gasteiger partial charge in [0.1, 0.15) is 0 Å². The maximum atomic E-state index is 13.4. The van der Waals surface area contributed by atoms with Crippen molar-refractivity contribution in [3.8, 4) is 0 Å². The van der Waals surface area contributed by atoms with Crippen LogP contribution in [0.5, 0.6) is 0 Å². The third kappa shape index (κ3) is 14.7. The van der Waals surface area contributed by atoms with E-state index in [2.05, 4.69) is 41.5 Å². The van der Waals surface area contributed by atoms with E-state index in [0.717, 1.165) is 38.5 Å². The van der Waals surface area contributed by atoms with Gasteiger partial charge in [-0.2, -0.15) is 0 Å². The molecule has 4 nitrogen and oxygen atoms in total. The third-order valence-electron chi connectivity index (χ3n) is 6.03. The van der Waals surface area contributed by atoms with Crippen molar-refractivity contribution in [3.63, 3.8) is 0 Å². The predicted octanol–water partition coefficient (Wildman–Crippen LogP) is 8.79. The quantitative estimate of drug-likeness (QED) is 0.169. The molecule has 3 atom stereocenters. The lowest BCUT2D eigenvalue weighted by Gasteiger charge is -2.25. The fourth-order valence-electron chi connectivity index (χ4n) is 3.40. The second kappa shape index (κ2) is 18.8. The van der Waals surface area contributed by atoms with Gasteiger partial charge in [0.15, 0.2) is 0 Å². The topological polar surface area (TPSA) is 44.8 Å². The molecule has 0 spiro atoms. The smallest absolute Gasteiger partial charge is 0.287 e. The minimum atomic E-state index is -3.52. The molecule has 0 bridgehead atoms. The van der Waals surface area contributed by atoms with Crippen LogP contribution in [0.15, 0.2) is 0 Å². The van der Waals surface area contributed by atoms with E-state index in [9.17, 15) is 4.57 Å². The number of hydrogen-bond donors (Lipinski definition) is 0. The molecule has 0 aromatic carbocycles. The number of rotatable bonds is 21. The number of unbranched alkanes of at least 4 members (excludes halogenated alkanes) is 3. The minimum absolute atomic E-state index is 0.416. The van der Waals surface area contributed by atoms with Crippen molar-refractivity contribution in [2.24, 2.45) is 17.8 Å². The first-order valence-electron chi connectivity index (χ1n) is 12.5. The molecule has 0 amide bonds. The summed E-state index contributed by atoms with van der Waals surface area (Å²) in [5.41, 5.74) is 0. The van der Waals surface area contributed by atoms with Crippen molar-refractivity contribution in [2.45, 2.75) is 119 Å². The van der Waals surface area contributed by atoms with Gasteiger partial charge in [0, 0.05) is 0 Å². The van der Waals surface area contributed by atoms with Gasteiger partial charge >= 0.3 is 7.82 Å². The first kappa shape index (κ1) is 29.1. The maximum Gasteiger partial charge on any atom is 0.474 e. The normalized spacial score (nSPS) is 17.0. The predicted molar refractivity (Wildman–Crippen MR) is 125 cm³/mol. The van der Waals surface area contributed by atoms with Crippen molar-refractivity contribution in [1.82, 2.24) is 0 Å². The van der Waals surface area contributed by atoms with E-state index in [0.29, 0.717) is 37.6 Å². The molecule has 0 aliphatic heterocycles. The average Bonchev–Trinajstić information content (AvgIpc) is 2.74. The molecular weight excluding hydrogens is 383 g/mol. The van der Waals surface area contributed by atoms with Gasteiger partial charge in [-0.3, -0.25) is 13.6 Å². The first-order valence-corrected chi connectivity index (χ1v) is 14.0. The zero-order valence-electron chi connectivity index (χ0n) is 20.4. The standard InChI is InChI=1S/C24H51O4P/c1-7-13-16-22(10-4)19-26-29(25,27-20-23(11-5)17-14-8-2)28-21-24(12-6)18-15-9-3/h22-24H,7-21H2,1-6H3. The highest BCUT2D eigenvalue weighted by atomic mass is 31.2. The van der Waals surface area contributed by atoms with Crippen LogP contribution in [0.3, 0.4) is 0 Å².